The predicted octanol–water partition coefficient (Wildman–Crippen LogP) is 1.48. The Morgan fingerprint density at radius 3 is 1.55 bits per heavy atom. The number of aliphatic hydroxyl groups is 13. The van der Waals surface area contributed by atoms with Crippen LogP contribution in [0.2, 0.25) is 0 Å². The number of aliphatic carboxylic acids is 2. The van der Waals surface area contributed by atoms with Gasteiger partial charge in [-0.05, 0) is 25.2 Å². The smallest absolute Gasteiger partial charge is 0.364 e. The van der Waals surface area contributed by atoms with E-state index in [1.165, 1.54) is 96.0 Å². The first-order valence-corrected chi connectivity index (χ1v) is 35.3. The molecule has 3 heterocycles. The van der Waals surface area contributed by atoms with Gasteiger partial charge in [0.05, 0.1) is 62.9 Å². The molecule has 3 aliphatic heterocycles. The molecule has 96 heavy (non-hydrogen) atoms. The minimum absolute atomic E-state index is 0.119. The van der Waals surface area contributed by atoms with Gasteiger partial charge in [-0.15, -0.1) is 0 Å². The largest absolute Gasteiger partial charge is 0.477 e. The molecule has 3 amide bonds. The van der Waals surface area contributed by atoms with E-state index in [-0.39, 0.29) is 6.42 Å². The standard InChI is InChI=1S/C67H121N3O26/c1-5-6-7-8-9-10-11-12-13-14-15-16-17-18-19-20-25-28-31-34-46(76)62(86)69-44(45(75)33-30-27-24-22-21-23-26-29-32-42(2)3)40-91-63-59(85)58(84)57(83)51(93-63)41-92-66(64(87)88)36-50(54(68-43(4)74)61(95-66)56(82)49(79)38-72)94-67(65(89)90)35-47(77)53(70-52(80)39-73)60(96-67)55(81)48(78)37-71/h30,33,42,44-51,53-61,63,71-73,75-79,81-85H,5-29,31-32,34-41H2,1-4H3,(H,68,74)(H,69,86)(H,70,80)(H,87,88)(H,89,90). The van der Waals surface area contributed by atoms with Gasteiger partial charge in [-0.3, -0.25) is 14.4 Å². The third-order valence-corrected chi connectivity index (χ3v) is 18.2. The lowest BCUT2D eigenvalue weighted by atomic mass is 9.86. The normalized spacial score (nSPS) is 28.5. The van der Waals surface area contributed by atoms with Crippen LogP contribution in [0.15, 0.2) is 12.2 Å². The zero-order valence-electron chi connectivity index (χ0n) is 57.1. The van der Waals surface area contributed by atoms with E-state index in [1.54, 1.807) is 6.08 Å². The molecule has 0 radical (unpaired) electrons. The molecule has 20 unspecified atom stereocenters. The Balaban J connectivity index is 1.82. The van der Waals surface area contributed by atoms with E-state index >= 15 is 0 Å². The van der Waals surface area contributed by atoms with Gasteiger partial charge in [0.25, 0.3) is 11.6 Å². The molecule has 3 fully saturated rings. The Hall–Kier alpha value is -3.67. The molecule has 18 N–H and O–H groups in total. The number of carbonyl (C=O) groups excluding carboxylic acids is 3. The van der Waals surface area contributed by atoms with Crippen LogP contribution in [0, 0.1) is 5.92 Å². The average molecular weight is 1380 g/mol. The number of hydrogen-bond acceptors (Lipinski definition) is 24. The number of nitrogens with one attached hydrogen (secondary N) is 3. The average Bonchev–Trinajstić information content (AvgIpc) is 0.747. The van der Waals surface area contributed by atoms with Gasteiger partial charge in [-0.1, -0.05) is 193 Å². The lowest BCUT2D eigenvalue weighted by molar-refractivity contribution is -0.365. The number of carboxylic acids is 2. The summed E-state index contributed by atoms with van der Waals surface area (Å²) < 4.78 is 35.2. The van der Waals surface area contributed by atoms with Crippen LogP contribution in [-0.4, -0.2) is 261 Å². The fourth-order valence-corrected chi connectivity index (χ4v) is 12.4. The van der Waals surface area contributed by atoms with E-state index in [0.717, 1.165) is 77.6 Å². The number of allylic oxidation sites excluding steroid dienone is 1. The molecule has 0 aromatic carbocycles. The monoisotopic (exact) mass is 1380 g/mol. The van der Waals surface area contributed by atoms with Crippen molar-refractivity contribution in [2.24, 2.45) is 5.92 Å². The number of unbranched alkanes of at least 4 members (excludes halogenated alkanes) is 24. The van der Waals surface area contributed by atoms with Gasteiger partial charge in [-0.25, -0.2) is 9.59 Å². The molecule has 29 heteroatoms. The van der Waals surface area contributed by atoms with Crippen molar-refractivity contribution in [1.29, 1.82) is 0 Å². The van der Waals surface area contributed by atoms with Crippen LogP contribution in [0.25, 0.3) is 0 Å². The first kappa shape index (κ1) is 86.6. The molecule has 0 saturated carbocycles. The molecule has 0 bridgehead atoms. The van der Waals surface area contributed by atoms with Crippen molar-refractivity contribution in [3.8, 4) is 0 Å². The first-order valence-electron chi connectivity index (χ1n) is 35.3. The number of ether oxygens (including phenoxy) is 6. The fraction of sp³-hybridized carbons (Fsp3) is 0.896. The van der Waals surface area contributed by atoms with Crippen LogP contribution in [0.3, 0.4) is 0 Å². The van der Waals surface area contributed by atoms with Gasteiger partial charge < -0.3 is 121 Å². The van der Waals surface area contributed by atoms with E-state index in [4.69, 9.17) is 28.4 Å². The van der Waals surface area contributed by atoms with E-state index in [9.17, 15) is 101 Å². The number of aliphatic hydroxyl groups excluding tert-OH is 13. The second-order valence-electron chi connectivity index (χ2n) is 26.8. The molecule has 3 aliphatic rings. The molecular weight excluding hydrogens is 1260 g/mol. The quantitative estimate of drug-likeness (QED) is 0.0303. The van der Waals surface area contributed by atoms with Crippen molar-refractivity contribution in [2.75, 3.05) is 33.0 Å². The zero-order valence-corrected chi connectivity index (χ0v) is 57.1. The van der Waals surface area contributed by atoms with E-state index in [0.29, 0.717) is 18.8 Å². The molecule has 0 aliphatic carbocycles. The van der Waals surface area contributed by atoms with Crippen molar-refractivity contribution >= 4 is 29.7 Å². The summed E-state index contributed by atoms with van der Waals surface area (Å²) in [5.74, 6) is -13.2. The SMILES string of the molecule is CCCCCCCCCCCCCCCCCCCCCC(O)C(=O)NC(COC1OC(COC2(C(=O)O)CC(OC3(C(=O)O)CC(O)C(NC(=O)CO)C(C(O)C(O)CO)O3)C(NC(C)=O)C(C(O)C(O)CO)O2)C(O)C(O)C1O)C(O)C=CCCCCCCCCC(C)C. The van der Waals surface area contributed by atoms with E-state index < -0.39 is 197 Å². The van der Waals surface area contributed by atoms with Gasteiger partial charge in [-0.2, -0.15) is 0 Å². The Bertz CT molecular complexity index is 2210. The minimum atomic E-state index is -3.31. The zero-order chi connectivity index (χ0) is 71.4. The highest BCUT2D eigenvalue weighted by molar-refractivity contribution is 5.81. The van der Waals surface area contributed by atoms with Crippen LogP contribution >= 0.6 is 0 Å². The van der Waals surface area contributed by atoms with Crippen molar-refractivity contribution in [2.45, 2.75) is 342 Å². The van der Waals surface area contributed by atoms with Crippen LogP contribution in [0.4, 0.5) is 0 Å². The van der Waals surface area contributed by atoms with Gasteiger partial charge in [0.1, 0.15) is 73.8 Å². The maximum absolute atomic E-state index is 13.6. The summed E-state index contributed by atoms with van der Waals surface area (Å²) in [6.07, 6.45) is 0.0628. The predicted molar refractivity (Wildman–Crippen MR) is 347 cm³/mol. The highest BCUT2D eigenvalue weighted by atomic mass is 16.8. The third kappa shape index (κ3) is 29.5. The molecule has 0 aromatic heterocycles. The lowest BCUT2D eigenvalue weighted by Gasteiger charge is -2.52. The second kappa shape index (κ2) is 46.7. The van der Waals surface area contributed by atoms with E-state index in [1.807, 2.05) is 0 Å². The van der Waals surface area contributed by atoms with Crippen LogP contribution < -0.4 is 16.0 Å². The Kier molecular flexibility index (Phi) is 42.1. The number of hydrogen-bond donors (Lipinski definition) is 18. The summed E-state index contributed by atoms with van der Waals surface area (Å²) in [4.78, 5) is 65.8. The molecule has 20 atom stereocenters. The second-order valence-corrected chi connectivity index (χ2v) is 26.8. The van der Waals surface area contributed by atoms with Gasteiger partial charge in [0.2, 0.25) is 17.7 Å². The fourth-order valence-electron chi connectivity index (χ4n) is 12.4. The molecule has 3 saturated heterocycles. The Labute approximate surface area is 565 Å². The van der Waals surface area contributed by atoms with Crippen molar-refractivity contribution in [3.05, 3.63) is 12.2 Å². The topological polar surface area (TPSA) is 480 Å². The van der Waals surface area contributed by atoms with Crippen LogP contribution in [0.1, 0.15) is 220 Å². The van der Waals surface area contributed by atoms with Gasteiger partial charge in [0.15, 0.2) is 6.29 Å². The summed E-state index contributed by atoms with van der Waals surface area (Å²) in [7, 11) is 0. The van der Waals surface area contributed by atoms with Gasteiger partial charge in [0, 0.05) is 19.8 Å². The first-order chi connectivity index (χ1) is 45.7. The maximum atomic E-state index is 13.6. The number of amides is 3. The molecular formula is C67H121N3O26. The minimum Gasteiger partial charge on any atom is -0.477 e. The van der Waals surface area contributed by atoms with Crippen LogP contribution in [-0.2, 0) is 52.4 Å². The molecule has 3 rings (SSSR count). The molecule has 560 valence electrons. The van der Waals surface area contributed by atoms with E-state index in [2.05, 4.69) is 36.7 Å². The summed E-state index contributed by atoms with van der Waals surface area (Å²) in [6.45, 7) is 2.08. The van der Waals surface area contributed by atoms with Crippen molar-refractivity contribution in [1.82, 2.24) is 16.0 Å². The summed E-state index contributed by atoms with van der Waals surface area (Å²) >= 11 is 0. The van der Waals surface area contributed by atoms with Crippen molar-refractivity contribution < 1.29 is 129 Å². The van der Waals surface area contributed by atoms with Crippen LogP contribution in [0.5, 0.6) is 0 Å². The number of rotatable bonds is 52. The highest BCUT2D eigenvalue weighted by Gasteiger charge is 2.63. The molecule has 0 aromatic rings. The highest BCUT2D eigenvalue weighted by Crippen LogP contribution is 2.42. The van der Waals surface area contributed by atoms with Crippen molar-refractivity contribution in [3.63, 3.8) is 0 Å². The number of carboxylic acid groups (broad SMARTS) is 2. The lowest BCUT2D eigenvalue weighted by Crippen LogP contribution is -2.72. The number of carbonyl (C=O) groups is 5. The Morgan fingerprint density at radius 2 is 1.07 bits per heavy atom. The third-order valence-electron chi connectivity index (χ3n) is 18.2. The summed E-state index contributed by atoms with van der Waals surface area (Å²) in [5, 5.41) is 169. The maximum Gasteiger partial charge on any atom is 0.364 e. The summed E-state index contributed by atoms with van der Waals surface area (Å²) in [6, 6.07) is -5.14. The van der Waals surface area contributed by atoms with Gasteiger partial charge >= 0.3 is 11.9 Å². The molecule has 0 spiro atoms. The summed E-state index contributed by atoms with van der Waals surface area (Å²) in [5.41, 5.74) is 0. The Morgan fingerprint density at radius 1 is 0.594 bits per heavy atom. The molecule has 29 nitrogen and oxygen atoms in total.